The molecule has 0 bridgehead atoms. The summed E-state index contributed by atoms with van der Waals surface area (Å²) in [5, 5.41) is 11.1. The quantitative estimate of drug-likeness (QED) is 0.450. The molecule has 0 atom stereocenters. The molecule has 2 heterocycles. The summed E-state index contributed by atoms with van der Waals surface area (Å²) in [5.74, 6) is 0.783. The van der Waals surface area contributed by atoms with Crippen LogP contribution in [-0.2, 0) is 0 Å². The number of benzene rings is 2. The topological polar surface area (TPSA) is 80.7 Å². The Labute approximate surface area is 163 Å². The predicted molar refractivity (Wildman–Crippen MR) is 107 cm³/mol. The molecule has 0 radical (unpaired) electrons. The molecule has 0 amide bonds. The maximum Gasteiger partial charge on any atom is 0.312 e. The molecular weight excluding hydrogens is 386 g/mol. The second-order valence-electron chi connectivity index (χ2n) is 5.53. The Morgan fingerprint density at radius 3 is 2.81 bits per heavy atom. The van der Waals surface area contributed by atoms with Crippen molar-refractivity contribution in [2.45, 2.75) is 6.92 Å². The summed E-state index contributed by atoms with van der Waals surface area (Å²) >= 11 is 7.30. The van der Waals surface area contributed by atoms with Gasteiger partial charge in [-0.1, -0.05) is 22.9 Å². The zero-order chi connectivity index (χ0) is 18.8. The first-order chi connectivity index (χ1) is 13.1. The van der Waals surface area contributed by atoms with Crippen LogP contribution in [0.4, 0.5) is 5.13 Å². The molecule has 2 aromatic heterocycles. The van der Waals surface area contributed by atoms with E-state index in [2.05, 4.69) is 15.0 Å². The zero-order valence-corrected chi connectivity index (χ0v) is 15.8. The number of fused-ring (bicyclic) bond motifs is 1. The van der Waals surface area contributed by atoms with E-state index in [-0.39, 0.29) is 17.5 Å². The summed E-state index contributed by atoms with van der Waals surface area (Å²) in [5.41, 5.74) is 1.77. The Morgan fingerprint density at radius 2 is 2.04 bits per heavy atom. The summed E-state index contributed by atoms with van der Waals surface area (Å²) in [6.45, 7) is 2.55. The van der Waals surface area contributed by atoms with E-state index in [4.69, 9.17) is 20.8 Å². The van der Waals surface area contributed by atoms with Gasteiger partial charge in [-0.25, -0.2) is 15.0 Å². The molecule has 0 aliphatic rings. The number of rotatable bonds is 5. The highest BCUT2D eigenvalue weighted by atomic mass is 35.5. The van der Waals surface area contributed by atoms with Crippen molar-refractivity contribution < 1.29 is 14.3 Å². The lowest BCUT2D eigenvalue weighted by molar-refractivity contribution is 0.337. The minimum atomic E-state index is -0.302. The lowest BCUT2D eigenvalue weighted by Crippen LogP contribution is -1.89. The number of halogens is 1. The molecule has 2 aromatic carbocycles. The minimum absolute atomic E-state index is 0.231. The minimum Gasteiger partial charge on any atom is -0.494 e. The first-order valence-electron chi connectivity index (χ1n) is 8.15. The largest absolute Gasteiger partial charge is 0.494 e. The molecule has 4 rings (SSSR count). The number of aliphatic imine (C=N–C) groups is 1. The van der Waals surface area contributed by atoms with Gasteiger partial charge in [0.15, 0.2) is 5.69 Å². The molecule has 1 N–H and O–H groups in total. The molecule has 0 aliphatic carbocycles. The summed E-state index contributed by atoms with van der Waals surface area (Å²) in [6.07, 6.45) is 1.43. The average Bonchev–Trinajstić information content (AvgIpc) is 3.23. The SMILES string of the molecule is CCOc1ccc2nc(N=Cc3nc(-c4ccc(Cl)cc4)oc3O)sc2c1. The fourth-order valence-corrected chi connectivity index (χ4v) is 3.41. The molecule has 4 aromatic rings. The van der Waals surface area contributed by atoms with Gasteiger partial charge in [-0.15, -0.1) is 0 Å². The molecule has 0 saturated heterocycles. The Hall–Kier alpha value is -2.90. The highest BCUT2D eigenvalue weighted by Gasteiger charge is 2.13. The maximum absolute atomic E-state index is 9.98. The number of aromatic nitrogens is 2. The van der Waals surface area contributed by atoms with Crippen LogP contribution >= 0.6 is 22.9 Å². The Bertz CT molecular complexity index is 1120. The van der Waals surface area contributed by atoms with Crippen molar-refractivity contribution in [2.24, 2.45) is 4.99 Å². The van der Waals surface area contributed by atoms with E-state index in [0.717, 1.165) is 16.0 Å². The molecular formula is C19H14ClN3O3S. The van der Waals surface area contributed by atoms with Crippen LogP contribution in [0.2, 0.25) is 5.02 Å². The predicted octanol–water partition coefficient (Wildman–Crippen LogP) is 5.46. The van der Waals surface area contributed by atoms with Crippen LogP contribution in [0, 0.1) is 0 Å². The zero-order valence-electron chi connectivity index (χ0n) is 14.2. The number of thiazole rings is 1. The molecule has 0 unspecified atom stereocenters. The summed E-state index contributed by atoms with van der Waals surface area (Å²) < 4.78 is 11.8. The van der Waals surface area contributed by atoms with Gasteiger partial charge in [-0.05, 0) is 49.4 Å². The van der Waals surface area contributed by atoms with Gasteiger partial charge < -0.3 is 14.3 Å². The van der Waals surface area contributed by atoms with Gasteiger partial charge in [-0.3, -0.25) is 0 Å². The van der Waals surface area contributed by atoms with Crippen molar-refractivity contribution in [1.82, 2.24) is 9.97 Å². The van der Waals surface area contributed by atoms with E-state index in [0.29, 0.717) is 22.3 Å². The summed E-state index contributed by atoms with van der Waals surface area (Å²) in [4.78, 5) is 13.0. The first kappa shape index (κ1) is 17.5. The van der Waals surface area contributed by atoms with Crippen molar-refractivity contribution in [3.8, 4) is 23.1 Å². The number of oxazole rings is 1. The van der Waals surface area contributed by atoms with Gasteiger partial charge >= 0.3 is 5.95 Å². The third kappa shape index (κ3) is 3.79. The van der Waals surface area contributed by atoms with Crippen LogP contribution in [0.25, 0.3) is 21.7 Å². The molecule has 27 heavy (non-hydrogen) atoms. The number of aromatic hydroxyl groups is 1. The van der Waals surface area contributed by atoms with Gasteiger partial charge in [0.05, 0.1) is 23.0 Å². The monoisotopic (exact) mass is 399 g/mol. The fraction of sp³-hybridized carbons (Fsp3) is 0.105. The van der Waals surface area contributed by atoms with Gasteiger partial charge in [-0.2, -0.15) is 0 Å². The van der Waals surface area contributed by atoms with E-state index in [1.54, 1.807) is 24.3 Å². The highest BCUT2D eigenvalue weighted by Crippen LogP contribution is 2.31. The lowest BCUT2D eigenvalue weighted by Gasteiger charge is -2.00. The summed E-state index contributed by atoms with van der Waals surface area (Å²) in [6, 6.07) is 12.7. The number of nitrogens with zero attached hydrogens (tertiary/aromatic N) is 3. The van der Waals surface area contributed by atoms with E-state index >= 15 is 0 Å². The van der Waals surface area contributed by atoms with Crippen molar-refractivity contribution in [3.05, 3.63) is 53.2 Å². The van der Waals surface area contributed by atoms with Crippen LogP contribution in [-0.4, -0.2) is 27.9 Å². The molecule has 0 fully saturated rings. The van der Waals surface area contributed by atoms with Crippen LogP contribution in [0.1, 0.15) is 12.6 Å². The van der Waals surface area contributed by atoms with Crippen molar-refractivity contribution in [2.75, 3.05) is 6.61 Å². The Balaban J connectivity index is 1.59. The Morgan fingerprint density at radius 1 is 1.22 bits per heavy atom. The third-order valence-electron chi connectivity index (χ3n) is 3.68. The highest BCUT2D eigenvalue weighted by molar-refractivity contribution is 7.22. The molecule has 0 spiro atoms. The number of hydrogen-bond donors (Lipinski definition) is 1. The lowest BCUT2D eigenvalue weighted by atomic mass is 10.2. The molecule has 0 saturated carbocycles. The van der Waals surface area contributed by atoms with Crippen LogP contribution in [0.5, 0.6) is 11.7 Å². The second kappa shape index (κ2) is 7.38. The molecule has 6 nitrogen and oxygen atoms in total. The van der Waals surface area contributed by atoms with E-state index in [1.807, 2.05) is 25.1 Å². The fourth-order valence-electron chi connectivity index (χ4n) is 2.44. The maximum atomic E-state index is 9.98. The van der Waals surface area contributed by atoms with Crippen LogP contribution in [0.3, 0.4) is 0 Å². The number of hydrogen-bond acceptors (Lipinski definition) is 7. The molecule has 136 valence electrons. The first-order valence-corrected chi connectivity index (χ1v) is 9.35. The van der Waals surface area contributed by atoms with Gasteiger partial charge in [0, 0.05) is 10.6 Å². The van der Waals surface area contributed by atoms with E-state index in [9.17, 15) is 5.11 Å². The number of ether oxygens (including phenoxy) is 1. The van der Waals surface area contributed by atoms with Crippen LogP contribution in [0.15, 0.2) is 51.9 Å². The average molecular weight is 400 g/mol. The summed E-state index contributed by atoms with van der Waals surface area (Å²) in [7, 11) is 0. The standard InChI is InChI=1S/C19H14ClN3O3S/c1-2-25-13-7-8-14-16(9-13)27-19(23-14)21-10-15-18(24)26-17(22-15)11-3-5-12(20)6-4-11/h3-10,24H,2H2,1H3. The normalized spacial score (nSPS) is 11.5. The van der Waals surface area contributed by atoms with Crippen molar-refractivity contribution in [1.29, 1.82) is 0 Å². The third-order valence-corrected chi connectivity index (χ3v) is 4.86. The van der Waals surface area contributed by atoms with E-state index in [1.165, 1.54) is 17.6 Å². The smallest absolute Gasteiger partial charge is 0.312 e. The van der Waals surface area contributed by atoms with Gasteiger partial charge in [0.2, 0.25) is 11.0 Å². The van der Waals surface area contributed by atoms with Crippen LogP contribution < -0.4 is 4.74 Å². The molecule has 8 heteroatoms. The van der Waals surface area contributed by atoms with Crippen molar-refractivity contribution >= 4 is 44.5 Å². The van der Waals surface area contributed by atoms with E-state index < -0.39 is 0 Å². The van der Waals surface area contributed by atoms with Crippen molar-refractivity contribution in [3.63, 3.8) is 0 Å². The van der Waals surface area contributed by atoms with Gasteiger partial charge in [0.25, 0.3) is 0 Å². The van der Waals surface area contributed by atoms with Gasteiger partial charge in [0.1, 0.15) is 5.75 Å². The second-order valence-corrected chi connectivity index (χ2v) is 6.98. The Kier molecular flexibility index (Phi) is 4.79. The molecule has 0 aliphatic heterocycles.